The van der Waals surface area contributed by atoms with Crippen molar-refractivity contribution >= 4 is 27.8 Å². The first-order valence-electron chi connectivity index (χ1n) is 5.87. The fourth-order valence-corrected chi connectivity index (χ4v) is 1.72. The maximum absolute atomic E-state index is 11.5. The Morgan fingerprint density at radius 2 is 2.00 bits per heavy atom. The van der Waals surface area contributed by atoms with Gasteiger partial charge in [0.15, 0.2) is 0 Å². The molecule has 1 rings (SSSR count). The summed E-state index contributed by atoms with van der Waals surface area (Å²) in [6.45, 7) is 1.91. The van der Waals surface area contributed by atoms with Crippen LogP contribution in [-0.4, -0.2) is 29.6 Å². The first-order chi connectivity index (χ1) is 8.97. The zero-order chi connectivity index (χ0) is 14.3. The highest BCUT2D eigenvalue weighted by Crippen LogP contribution is 2.16. The summed E-state index contributed by atoms with van der Waals surface area (Å²) >= 11 is 3.32. The van der Waals surface area contributed by atoms with Crippen molar-refractivity contribution in [2.24, 2.45) is 0 Å². The third-order valence-electron chi connectivity index (χ3n) is 2.30. The Balaban J connectivity index is 2.23. The SMILES string of the molecule is CC(CC(=O)O)NC(=O)CCOc1ccc(Br)cc1. The van der Waals surface area contributed by atoms with Crippen LogP contribution in [-0.2, 0) is 9.59 Å². The number of rotatable bonds is 7. The average Bonchev–Trinajstić information content (AvgIpc) is 2.30. The van der Waals surface area contributed by atoms with Gasteiger partial charge in [-0.2, -0.15) is 0 Å². The lowest BCUT2D eigenvalue weighted by molar-refractivity contribution is -0.137. The molecular weight excluding hydrogens is 314 g/mol. The number of carboxylic acids is 1. The maximum atomic E-state index is 11.5. The molecule has 2 N–H and O–H groups in total. The summed E-state index contributed by atoms with van der Waals surface area (Å²) in [5, 5.41) is 11.2. The number of benzene rings is 1. The highest BCUT2D eigenvalue weighted by atomic mass is 79.9. The number of ether oxygens (including phenoxy) is 1. The number of carbonyl (C=O) groups excluding carboxylic acids is 1. The minimum absolute atomic E-state index is 0.0840. The summed E-state index contributed by atoms with van der Waals surface area (Å²) in [5.74, 6) is -0.459. The molecular formula is C13H16BrNO4. The fraction of sp³-hybridized carbons (Fsp3) is 0.385. The molecule has 0 radical (unpaired) electrons. The maximum Gasteiger partial charge on any atom is 0.305 e. The Hall–Kier alpha value is -1.56. The van der Waals surface area contributed by atoms with Crippen LogP contribution in [0, 0.1) is 0 Å². The molecule has 0 aliphatic rings. The molecule has 0 aromatic heterocycles. The lowest BCUT2D eigenvalue weighted by Crippen LogP contribution is -2.34. The van der Waals surface area contributed by atoms with Crippen LogP contribution >= 0.6 is 15.9 Å². The number of halogens is 1. The van der Waals surface area contributed by atoms with Gasteiger partial charge in [0.2, 0.25) is 5.91 Å². The van der Waals surface area contributed by atoms with Gasteiger partial charge in [0.05, 0.1) is 19.4 Å². The van der Waals surface area contributed by atoms with E-state index in [0.29, 0.717) is 5.75 Å². The molecule has 0 saturated carbocycles. The standard InChI is InChI=1S/C13H16BrNO4/c1-9(8-13(17)18)15-12(16)6-7-19-11-4-2-10(14)3-5-11/h2-5,9H,6-8H2,1H3,(H,15,16)(H,17,18). The van der Waals surface area contributed by atoms with Crippen LogP contribution < -0.4 is 10.1 Å². The molecule has 0 aliphatic heterocycles. The number of nitrogens with one attached hydrogen (secondary N) is 1. The molecule has 0 heterocycles. The molecule has 104 valence electrons. The first kappa shape index (κ1) is 15.5. The molecule has 0 spiro atoms. The predicted octanol–water partition coefficient (Wildman–Crippen LogP) is 2.20. The topological polar surface area (TPSA) is 75.6 Å². The quantitative estimate of drug-likeness (QED) is 0.804. The number of carboxylic acid groups (broad SMARTS) is 1. The monoisotopic (exact) mass is 329 g/mol. The molecule has 19 heavy (non-hydrogen) atoms. The van der Waals surface area contributed by atoms with Gasteiger partial charge in [-0.3, -0.25) is 9.59 Å². The summed E-state index contributed by atoms with van der Waals surface area (Å²) in [4.78, 5) is 21.9. The normalized spacial score (nSPS) is 11.7. The van der Waals surface area contributed by atoms with Crippen molar-refractivity contribution in [2.75, 3.05) is 6.61 Å². The molecule has 0 aliphatic carbocycles. The Morgan fingerprint density at radius 1 is 1.37 bits per heavy atom. The van der Waals surface area contributed by atoms with E-state index in [0.717, 1.165) is 4.47 Å². The van der Waals surface area contributed by atoms with Crippen molar-refractivity contribution in [2.45, 2.75) is 25.8 Å². The molecule has 1 atom stereocenters. The van der Waals surface area contributed by atoms with E-state index in [4.69, 9.17) is 9.84 Å². The van der Waals surface area contributed by atoms with E-state index < -0.39 is 5.97 Å². The van der Waals surface area contributed by atoms with Crippen LogP contribution in [0.1, 0.15) is 19.8 Å². The molecule has 1 unspecified atom stereocenters. The van der Waals surface area contributed by atoms with E-state index in [9.17, 15) is 9.59 Å². The molecule has 0 bridgehead atoms. The van der Waals surface area contributed by atoms with Crippen LogP contribution in [0.3, 0.4) is 0 Å². The van der Waals surface area contributed by atoms with Crippen molar-refractivity contribution in [1.29, 1.82) is 0 Å². The van der Waals surface area contributed by atoms with Crippen LogP contribution in [0.15, 0.2) is 28.7 Å². The first-order valence-corrected chi connectivity index (χ1v) is 6.66. The van der Waals surface area contributed by atoms with E-state index in [1.54, 1.807) is 19.1 Å². The second kappa shape index (κ2) is 7.78. The molecule has 1 amide bonds. The van der Waals surface area contributed by atoms with E-state index in [1.165, 1.54) is 0 Å². The summed E-state index contributed by atoms with van der Waals surface area (Å²) in [6.07, 6.45) is 0.110. The largest absolute Gasteiger partial charge is 0.493 e. The predicted molar refractivity (Wildman–Crippen MR) is 74.1 cm³/mol. The Morgan fingerprint density at radius 3 is 2.58 bits per heavy atom. The summed E-state index contributed by atoms with van der Waals surface area (Å²) in [5.41, 5.74) is 0. The highest BCUT2D eigenvalue weighted by molar-refractivity contribution is 9.10. The smallest absolute Gasteiger partial charge is 0.305 e. The van der Waals surface area contributed by atoms with Gasteiger partial charge in [-0.15, -0.1) is 0 Å². The van der Waals surface area contributed by atoms with Crippen molar-refractivity contribution in [3.05, 3.63) is 28.7 Å². The van der Waals surface area contributed by atoms with E-state index in [2.05, 4.69) is 21.2 Å². The van der Waals surface area contributed by atoms with Crippen LogP contribution in [0.2, 0.25) is 0 Å². The number of amides is 1. The molecule has 5 nitrogen and oxygen atoms in total. The Kier molecular flexibility index (Phi) is 6.35. The number of aliphatic carboxylic acids is 1. The van der Waals surface area contributed by atoms with Crippen molar-refractivity contribution in [1.82, 2.24) is 5.32 Å². The van der Waals surface area contributed by atoms with Crippen LogP contribution in [0.25, 0.3) is 0 Å². The van der Waals surface area contributed by atoms with Gasteiger partial charge in [-0.05, 0) is 31.2 Å². The molecule has 0 fully saturated rings. The van der Waals surface area contributed by atoms with Gasteiger partial charge < -0.3 is 15.2 Å². The third kappa shape index (κ3) is 6.81. The van der Waals surface area contributed by atoms with E-state index in [-0.39, 0.29) is 31.4 Å². The zero-order valence-corrected chi connectivity index (χ0v) is 12.1. The zero-order valence-electron chi connectivity index (χ0n) is 10.6. The van der Waals surface area contributed by atoms with Crippen molar-refractivity contribution < 1.29 is 19.4 Å². The minimum Gasteiger partial charge on any atom is -0.493 e. The van der Waals surface area contributed by atoms with Gasteiger partial charge in [-0.1, -0.05) is 15.9 Å². The molecule has 0 saturated heterocycles. The lowest BCUT2D eigenvalue weighted by Gasteiger charge is -2.11. The van der Waals surface area contributed by atoms with Crippen molar-refractivity contribution in [3.63, 3.8) is 0 Å². The Bertz CT molecular complexity index is 433. The Labute approximate surface area is 120 Å². The number of hydrogen-bond donors (Lipinski definition) is 2. The number of carbonyl (C=O) groups is 2. The highest BCUT2D eigenvalue weighted by Gasteiger charge is 2.10. The summed E-state index contributed by atoms with van der Waals surface area (Å²) < 4.78 is 6.35. The lowest BCUT2D eigenvalue weighted by atomic mass is 10.2. The summed E-state index contributed by atoms with van der Waals surface area (Å²) in [6, 6.07) is 6.93. The average molecular weight is 330 g/mol. The number of hydrogen-bond acceptors (Lipinski definition) is 3. The van der Waals surface area contributed by atoms with Gasteiger partial charge >= 0.3 is 5.97 Å². The summed E-state index contributed by atoms with van der Waals surface area (Å²) in [7, 11) is 0. The van der Waals surface area contributed by atoms with Crippen LogP contribution in [0.4, 0.5) is 0 Å². The van der Waals surface area contributed by atoms with E-state index in [1.807, 2.05) is 12.1 Å². The molecule has 1 aromatic rings. The van der Waals surface area contributed by atoms with Crippen molar-refractivity contribution in [3.8, 4) is 5.75 Å². The fourth-order valence-electron chi connectivity index (χ4n) is 1.45. The van der Waals surface area contributed by atoms with Gasteiger partial charge in [-0.25, -0.2) is 0 Å². The van der Waals surface area contributed by atoms with E-state index >= 15 is 0 Å². The minimum atomic E-state index is -0.932. The van der Waals surface area contributed by atoms with Gasteiger partial charge in [0.1, 0.15) is 5.75 Å². The third-order valence-corrected chi connectivity index (χ3v) is 2.83. The van der Waals surface area contributed by atoms with Crippen LogP contribution in [0.5, 0.6) is 5.75 Å². The molecule has 6 heteroatoms. The van der Waals surface area contributed by atoms with Gasteiger partial charge in [0.25, 0.3) is 0 Å². The van der Waals surface area contributed by atoms with Gasteiger partial charge in [0, 0.05) is 10.5 Å². The second-order valence-corrected chi connectivity index (χ2v) is 5.03. The second-order valence-electron chi connectivity index (χ2n) is 4.12. The molecule has 1 aromatic carbocycles.